The van der Waals surface area contributed by atoms with Crippen LogP contribution in [-0.2, 0) is 26.5 Å². The Balaban J connectivity index is 1.76. The highest BCUT2D eigenvalue weighted by molar-refractivity contribution is 5.96. The molecule has 1 aromatic heterocycles. The maximum atomic E-state index is 13.8. The molecule has 1 aliphatic rings. The van der Waals surface area contributed by atoms with Crippen molar-refractivity contribution in [2.75, 3.05) is 13.2 Å². The van der Waals surface area contributed by atoms with Gasteiger partial charge < -0.3 is 25.8 Å². The molecule has 2 heterocycles. The topological polar surface area (TPSA) is 170 Å². The minimum atomic E-state index is -1.41. The molecular weight excluding hydrogens is 502 g/mol. The summed E-state index contributed by atoms with van der Waals surface area (Å²) in [6.45, 7) is 8.25. The van der Waals surface area contributed by atoms with Crippen molar-refractivity contribution < 1.29 is 29.1 Å². The molecule has 0 saturated carbocycles. The largest absolute Gasteiger partial charge is 0.489 e. The third-order valence-corrected chi connectivity index (χ3v) is 7.02. The third kappa shape index (κ3) is 6.73. The molecule has 1 fully saturated rings. The molecule has 2 aromatic rings. The fraction of sp³-hybridized carbons (Fsp3) is 0.429. The number of rotatable bonds is 13. The Morgan fingerprint density at radius 3 is 2.49 bits per heavy atom. The number of pyridine rings is 1. The number of primary amides is 1. The first-order valence-corrected chi connectivity index (χ1v) is 12.8. The van der Waals surface area contributed by atoms with Crippen LogP contribution in [0, 0.1) is 13.8 Å². The van der Waals surface area contributed by atoms with Gasteiger partial charge in [-0.2, -0.15) is 0 Å². The van der Waals surface area contributed by atoms with Crippen LogP contribution in [0.3, 0.4) is 0 Å². The van der Waals surface area contributed by atoms with Gasteiger partial charge in [-0.05, 0) is 81.3 Å². The van der Waals surface area contributed by atoms with Crippen LogP contribution in [0.5, 0.6) is 5.75 Å². The molecular formula is C28H37N5O6. The van der Waals surface area contributed by atoms with Crippen molar-refractivity contribution in [3.63, 3.8) is 0 Å². The highest BCUT2D eigenvalue weighted by Gasteiger charge is 2.54. The minimum absolute atomic E-state index is 0.0732. The molecule has 0 spiro atoms. The second-order valence-electron chi connectivity index (χ2n) is 9.84. The van der Waals surface area contributed by atoms with Gasteiger partial charge in [0.05, 0.1) is 6.61 Å². The van der Waals surface area contributed by atoms with Crippen LogP contribution in [-0.4, -0.2) is 51.7 Å². The molecule has 3 amide bonds. The standard InChI is InChI=1S/C28H37N5O6/c1-4-11-27(24(34)32-37,12-5-6-15-38-26(29)36)33-14-13-28(30,25(33)35)22-7-9-23(10-8-22)39-18-21-16-19(2)31-20(3)17-21/h4,7-10,16-17,37H,1,5-6,11-15,18,30H2,2-3H3,(H2,29,36)(H,32,34)/t27-,28?/m0/s1. The van der Waals surface area contributed by atoms with Crippen molar-refractivity contribution in [2.45, 2.75) is 63.6 Å². The van der Waals surface area contributed by atoms with Gasteiger partial charge in [-0.3, -0.25) is 19.8 Å². The van der Waals surface area contributed by atoms with Crippen LogP contribution in [0.4, 0.5) is 4.79 Å². The summed E-state index contributed by atoms with van der Waals surface area (Å²) in [5, 5.41) is 9.55. The Kier molecular flexibility index (Phi) is 9.66. The number of amides is 3. The molecule has 11 heteroatoms. The average Bonchev–Trinajstić information content (AvgIpc) is 3.21. The van der Waals surface area contributed by atoms with Crippen molar-refractivity contribution in [3.05, 3.63) is 71.6 Å². The summed E-state index contributed by atoms with van der Waals surface area (Å²) < 4.78 is 10.7. The first kappa shape index (κ1) is 29.6. The summed E-state index contributed by atoms with van der Waals surface area (Å²) in [6, 6.07) is 11.0. The van der Waals surface area contributed by atoms with Crippen molar-refractivity contribution in [1.29, 1.82) is 0 Å². The molecule has 2 atom stereocenters. The van der Waals surface area contributed by atoms with Gasteiger partial charge in [-0.15, -0.1) is 6.58 Å². The number of ether oxygens (including phenoxy) is 2. The summed E-state index contributed by atoms with van der Waals surface area (Å²) in [5.41, 5.74) is 14.0. The SMILES string of the molecule is C=CC[C@](CCCCOC(N)=O)(C(=O)NO)N1CCC(N)(c2ccc(OCc3cc(C)nc(C)c3)cc2)C1=O. The van der Waals surface area contributed by atoms with Gasteiger partial charge in [-0.1, -0.05) is 18.2 Å². The highest BCUT2D eigenvalue weighted by atomic mass is 16.5. The van der Waals surface area contributed by atoms with Gasteiger partial charge in [0.1, 0.15) is 23.4 Å². The normalized spacial score (nSPS) is 18.4. The van der Waals surface area contributed by atoms with Crippen molar-refractivity contribution in [3.8, 4) is 5.75 Å². The molecule has 210 valence electrons. The number of nitrogens with two attached hydrogens (primary N) is 2. The Morgan fingerprint density at radius 2 is 1.90 bits per heavy atom. The summed E-state index contributed by atoms with van der Waals surface area (Å²) in [4.78, 5) is 43.4. The summed E-state index contributed by atoms with van der Waals surface area (Å²) in [6.07, 6.45) is 2.02. The zero-order chi connectivity index (χ0) is 28.6. The minimum Gasteiger partial charge on any atom is -0.489 e. The van der Waals surface area contributed by atoms with E-state index >= 15 is 0 Å². The summed E-state index contributed by atoms with van der Waals surface area (Å²) in [7, 11) is 0. The monoisotopic (exact) mass is 539 g/mol. The van der Waals surface area contributed by atoms with E-state index in [0.717, 1.165) is 17.0 Å². The fourth-order valence-corrected chi connectivity index (χ4v) is 5.14. The maximum Gasteiger partial charge on any atom is 0.404 e. The van der Waals surface area contributed by atoms with E-state index in [1.165, 1.54) is 11.0 Å². The zero-order valence-corrected chi connectivity index (χ0v) is 22.4. The molecule has 1 unspecified atom stereocenters. The Labute approximate surface area is 228 Å². The molecule has 0 bridgehead atoms. The van der Waals surface area contributed by atoms with Crippen LogP contribution < -0.4 is 21.7 Å². The van der Waals surface area contributed by atoms with Gasteiger partial charge in [0, 0.05) is 17.9 Å². The summed E-state index contributed by atoms with van der Waals surface area (Å²) >= 11 is 0. The third-order valence-electron chi connectivity index (χ3n) is 7.02. The predicted octanol–water partition coefficient (Wildman–Crippen LogP) is 2.75. The highest BCUT2D eigenvalue weighted by Crippen LogP contribution is 2.39. The van der Waals surface area contributed by atoms with E-state index < -0.39 is 29.0 Å². The average molecular weight is 540 g/mol. The number of carbonyl (C=O) groups excluding carboxylic acids is 3. The van der Waals surface area contributed by atoms with Crippen molar-refractivity contribution in [2.24, 2.45) is 11.5 Å². The number of hydroxylamine groups is 1. The van der Waals surface area contributed by atoms with Gasteiger partial charge in [-0.25, -0.2) is 10.3 Å². The van der Waals surface area contributed by atoms with Gasteiger partial charge in [0.25, 0.3) is 5.91 Å². The molecule has 1 saturated heterocycles. The second kappa shape index (κ2) is 12.7. The lowest BCUT2D eigenvalue weighted by atomic mass is 9.85. The summed E-state index contributed by atoms with van der Waals surface area (Å²) in [5.74, 6) is -0.547. The quantitative estimate of drug-likeness (QED) is 0.130. The van der Waals surface area contributed by atoms with Crippen LogP contribution in [0.25, 0.3) is 0 Å². The molecule has 0 radical (unpaired) electrons. The van der Waals surface area contributed by atoms with Crippen LogP contribution >= 0.6 is 0 Å². The van der Waals surface area contributed by atoms with E-state index in [1.54, 1.807) is 29.7 Å². The molecule has 1 aliphatic heterocycles. The van der Waals surface area contributed by atoms with Crippen LogP contribution in [0.1, 0.15) is 54.6 Å². The Bertz CT molecular complexity index is 1180. The number of nitrogens with zero attached hydrogens (tertiary/aromatic N) is 2. The van der Waals surface area contributed by atoms with E-state index in [1.807, 2.05) is 26.0 Å². The second-order valence-corrected chi connectivity index (χ2v) is 9.84. The molecule has 3 rings (SSSR count). The lowest BCUT2D eigenvalue weighted by Gasteiger charge is -2.40. The van der Waals surface area contributed by atoms with Crippen LogP contribution in [0.2, 0.25) is 0 Å². The lowest BCUT2D eigenvalue weighted by molar-refractivity contribution is -0.152. The number of nitrogens with one attached hydrogen (secondary N) is 1. The van der Waals surface area contributed by atoms with Gasteiger partial charge in [0.15, 0.2) is 0 Å². The van der Waals surface area contributed by atoms with Crippen molar-refractivity contribution >= 4 is 17.9 Å². The predicted molar refractivity (Wildman–Crippen MR) is 144 cm³/mol. The maximum absolute atomic E-state index is 13.8. The molecule has 0 aliphatic carbocycles. The first-order chi connectivity index (χ1) is 18.6. The number of aryl methyl sites for hydroxylation is 2. The number of hydrogen-bond donors (Lipinski definition) is 4. The molecule has 39 heavy (non-hydrogen) atoms. The molecule has 6 N–H and O–H groups in total. The van der Waals surface area contributed by atoms with E-state index in [2.05, 4.69) is 11.6 Å². The van der Waals surface area contributed by atoms with Gasteiger partial charge in [0.2, 0.25) is 5.91 Å². The number of carbonyl (C=O) groups is 3. The van der Waals surface area contributed by atoms with Crippen LogP contribution in [0.15, 0.2) is 49.1 Å². The van der Waals surface area contributed by atoms with Gasteiger partial charge >= 0.3 is 6.09 Å². The first-order valence-electron chi connectivity index (χ1n) is 12.8. The van der Waals surface area contributed by atoms with E-state index in [0.29, 0.717) is 30.8 Å². The van der Waals surface area contributed by atoms with E-state index in [-0.39, 0.29) is 32.4 Å². The van der Waals surface area contributed by atoms with E-state index in [4.69, 9.17) is 20.9 Å². The van der Waals surface area contributed by atoms with E-state index in [9.17, 15) is 19.6 Å². The zero-order valence-electron chi connectivity index (χ0n) is 22.4. The lowest BCUT2D eigenvalue weighted by Crippen LogP contribution is -2.61. The number of likely N-dealkylation sites (tertiary alicyclic amines) is 1. The number of unbranched alkanes of at least 4 members (excludes halogenated alkanes) is 1. The molecule has 1 aromatic carbocycles. The Hall–Kier alpha value is -3.96. The smallest absolute Gasteiger partial charge is 0.404 e. The van der Waals surface area contributed by atoms with Crippen molar-refractivity contribution in [1.82, 2.24) is 15.4 Å². The number of aromatic nitrogens is 1. The fourth-order valence-electron chi connectivity index (χ4n) is 5.14. The molecule has 11 nitrogen and oxygen atoms in total. The Morgan fingerprint density at radius 1 is 1.23 bits per heavy atom. The number of benzene rings is 1. The number of hydrogen-bond acceptors (Lipinski definition) is 8.